The molecule has 0 unspecified atom stereocenters. The molecule has 0 saturated carbocycles. The first kappa shape index (κ1) is 25.3. The molecule has 154 valence electrons. The number of hydrogen-bond acceptors (Lipinski definition) is 6. The van der Waals surface area contributed by atoms with E-state index in [1.807, 2.05) is 0 Å². The molecule has 26 heavy (non-hydrogen) atoms. The Morgan fingerprint density at radius 2 is 0.885 bits per heavy atom. The standard InChI is InChI=1S/C20H38O6/c1-3-5-6-7-8-10-22-12-14-24-16-18-26-20-19-25-17-15-23-13-11-21-9-4-2/h2H,3,5-20H2,1H3. The van der Waals surface area contributed by atoms with Gasteiger partial charge in [0.25, 0.3) is 0 Å². The van der Waals surface area contributed by atoms with Crippen molar-refractivity contribution in [1.82, 2.24) is 0 Å². The summed E-state index contributed by atoms with van der Waals surface area (Å²) in [4.78, 5) is 0. The van der Waals surface area contributed by atoms with Crippen LogP contribution in [0.4, 0.5) is 0 Å². The Morgan fingerprint density at radius 3 is 1.31 bits per heavy atom. The maximum absolute atomic E-state index is 5.52. The van der Waals surface area contributed by atoms with Gasteiger partial charge in [0.15, 0.2) is 0 Å². The fourth-order valence-corrected chi connectivity index (χ4v) is 2.04. The normalized spacial score (nSPS) is 10.9. The van der Waals surface area contributed by atoms with E-state index in [2.05, 4.69) is 12.8 Å². The molecule has 0 aliphatic carbocycles. The van der Waals surface area contributed by atoms with E-state index < -0.39 is 0 Å². The van der Waals surface area contributed by atoms with Crippen molar-refractivity contribution in [3.05, 3.63) is 0 Å². The van der Waals surface area contributed by atoms with Crippen LogP contribution < -0.4 is 0 Å². The van der Waals surface area contributed by atoms with E-state index in [0.29, 0.717) is 72.7 Å². The molecule has 0 spiro atoms. The van der Waals surface area contributed by atoms with Crippen LogP contribution in [-0.4, -0.2) is 79.3 Å². The fraction of sp³-hybridized carbons (Fsp3) is 0.900. The molecular weight excluding hydrogens is 336 g/mol. The molecule has 0 atom stereocenters. The van der Waals surface area contributed by atoms with E-state index in [-0.39, 0.29) is 0 Å². The van der Waals surface area contributed by atoms with Gasteiger partial charge in [-0.2, -0.15) is 0 Å². The zero-order valence-electron chi connectivity index (χ0n) is 16.5. The molecule has 0 bridgehead atoms. The van der Waals surface area contributed by atoms with Gasteiger partial charge in [0.05, 0.1) is 66.1 Å². The van der Waals surface area contributed by atoms with E-state index in [0.717, 1.165) is 13.0 Å². The van der Waals surface area contributed by atoms with Crippen molar-refractivity contribution in [2.75, 3.05) is 79.3 Å². The Hall–Kier alpha value is -0.680. The van der Waals surface area contributed by atoms with E-state index in [9.17, 15) is 0 Å². The Balaban J connectivity index is 2.96. The average molecular weight is 375 g/mol. The molecule has 0 fully saturated rings. The second-order valence-electron chi connectivity index (χ2n) is 5.73. The molecule has 6 heteroatoms. The second kappa shape index (κ2) is 24.3. The quantitative estimate of drug-likeness (QED) is 0.215. The summed E-state index contributed by atoms with van der Waals surface area (Å²) in [5, 5.41) is 0. The van der Waals surface area contributed by atoms with Crippen LogP contribution in [0.15, 0.2) is 0 Å². The molecule has 0 N–H and O–H groups in total. The second-order valence-corrected chi connectivity index (χ2v) is 5.73. The van der Waals surface area contributed by atoms with Crippen molar-refractivity contribution in [3.8, 4) is 12.3 Å². The van der Waals surface area contributed by atoms with Crippen LogP contribution >= 0.6 is 0 Å². The Labute approximate surface area is 159 Å². The minimum absolute atomic E-state index is 0.326. The molecular formula is C20H38O6. The predicted octanol–water partition coefficient (Wildman–Crippen LogP) is 2.69. The van der Waals surface area contributed by atoms with Gasteiger partial charge in [-0.15, -0.1) is 6.42 Å². The lowest BCUT2D eigenvalue weighted by molar-refractivity contribution is -0.0156. The third-order valence-corrected chi connectivity index (χ3v) is 3.44. The molecule has 0 amide bonds. The first-order valence-corrected chi connectivity index (χ1v) is 9.81. The summed E-state index contributed by atoms with van der Waals surface area (Å²) in [6.07, 6.45) is 11.4. The van der Waals surface area contributed by atoms with Crippen LogP contribution in [0, 0.1) is 12.3 Å². The van der Waals surface area contributed by atoms with Crippen LogP contribution in [0.2, 0.25) is 0 Å². The lowest BCUT2D eigenvalue weighted by Gasteiger charge is -2.08. The molecule has 0 aromatic heterocycles. The Kier molecular flexibility index (Phi) is 23.7. The number of hydrogen-bond donors (Lipinski definition) is 0. The number of terminal acetylenes is 1. The minimum Gasteiger partial charge on any atom is -0.379 e. The minimum atomic E-state index is 0.326. The lowest BCUT2D eigenvalue weighted by Crippen LogP contribution is -2.14. The first-order chi connectivity index (χ1) is 12.9. The summed E-state index contributed by atoms with van der Waals surface area (Å²) in [6, 6.07) is 0. The summed E-state index contributed by atoms with van der Waals surface area (Å²) in [6.45, 7) is 9.07. The highest BCUT2D eigenvalue weighted by Crippen LogP contribution is 2.02. The van der Waals surface area contributed by atoms with Crippen LogP contribution in [0.3, 0.4) is 0 Å². The van der Waals surface area contributed by atoms with Gasteiger partial charge < -0.3 is 28.4 Å². The van der Waals surface area contributed by atoms with E-state index in [4.69, 9.17) is 34.8 Å². The highest BCUT2D eigenvalue weighted by Gasteiger charge is 1.94. The summed E-state index contributed by atoms with van der Waals surface area (Å²) in [7, 11) is 0. The van der Waals surface area contributed by atoms with Gasteiger partial charge in [-0.1, -0.05) is 38.5 Å². The molecule has 0 saturated heterocycles. The van der Waals surface area contributed by atoms with Crippen LogP contribution in [0.1, 0.15) is 39.0 Å². The molecule has 0 heterocycles. The van der Waals surface area contributed by atoms with E-state index >= 15 is 0 Å². The predicted molar refractivity (Wildman–Crippen MR) is 103 cm³/mol. The van der Waals surface area contributed by atoms with Gasteiger partial charge in [-0.05, 0) is 6.42 Å². The van der Waals surface area contributed by atoms with Crippen LogP contribution in [-0.2, 0) is 28.4 Å². The van der Waals surface area contributed by atoms with Crippen molar-refractivity contribution >= 4 is 0 Å². The van der Waals surface area contributed by atoms with Gasteiger partial charge in [0.2, 0.25) is 0 Å². The molecule has 0 aliphatic heterocycles. The fourth-order valence-electron chi connectivity index (χ4n) is 2.04. The smallest absolute Gasteiger partial charge is 0.107 e. The maximum atomic E-state index is 5.52. The highest BCUT2D eigenvalue weighted by molar-refractivity contribution is 4.82. The Morgan fingerprint density at radius 1 is 0.500 bits per heavy atom. The van der Waals surface area contributed by atoms with Crippen LogP contribution in [0.5, 0.6) is 0 Å². The molecule has 0 aromatic rings. The summed E-state index contributed by atoms with van der Waals surface area (Å²) in [5.41, 5.74) is 0. The van der Waals surface area contributed by atoms with Crippen molar-refractivity contribution in [2.45, 2.75) is 39.0 Å². The molecule has 6 nitrogen and oxygen atoms in total. The monoisotopic (exact) mass is 374 g/mol. The van der Waals surface area contributed by atoms with Gasteiger partial charge in [-0.25, -0.2) is 0 Å². The van der Waals surface area contributed by atoms with Crippen LogP contribution in [0.25, 0.3) is 0 Å². The van der Waals surface area contributed by atoms with Gasteiger partial charge in [0, 0.05) is 6.61 Å². The summed E-state index contributed by atoms with van der Waals surface area (Å²) in [5.74, 6) is 2.40. The maximum Gasteiger partial charge on any atom is 0.107 e. The van der Waals surface area contributed by atoms with Gasteiger partial charge >= 0.3 is 0 Å². The summed E-state index contributed by atoms with van der Waals surface area (Å²) < 4.78 is 32.2. The third kappa shape index (κ3) is 23.3. The van der Waals surface area contributed by atoms with Crippen molar-refractivity contribution < 1.29 is 28.4 Å². The zero-order valence-corrected chi connectivity index (χ0v) is 16.5. The van der Waals surface area contributed by atoms with Crippen molar-refractivity contribution in [2.24, 2.45) is 0 Å². The topological polar surface area (TPSA) is 55.4 Å². The SMILES string of the molecule is C#CCOCCOCCOCCOCCOCCOCCCCCCC. The third-order valence-electron chi connectivity index (χ3n) is 3.44. The largest absolute Gasteiger partial charge is 0.379 e. The lowest BCUT2D eigenvalue weighted by atomic mass is 10.2. The average Bonchev–Trinajstić information content (AvgIpc) is 2.66. The molecule has 0 rings (SSSR count). The van der Waals surface area contributed by atoms with Crippen molar-refractivity contribution in [3.63, 3.8) is 0 Å². The number of unbranched alkanes of at least 4 members (excludes halogenated alkanes) is 4. The molecule has 0 aromatic carbocycles. The van der Waals surface area contributed by atoms with E-state index in [1.54, 1.807) is 0 Å². The first-order valence-electron chi connectivity index (χ1n) is 9.81. The van der Waals surface area contributed by atoms with E-state index in [1.165, 1.54) is 25.7 Å². The molecule has 0 aliphatic rings. The van der Waals surface area contributed by atoms with Gasteiger partial charge in [0.1, 0.15) is 6.61 Å². The number of rotatable bonds is 22. The molecule has 0 radical (unpaired) electrons. The number of ether oxygens (including phenoxy) is 6. The Bertz CT molecular complexity index is 293. The summed E-state index contributed by atoms with van der Waals surface area (Å²) >= 11 is 0. The van der Waals surface area contributed by atoms with Gasteiger partial charge in [-0.3, -0.25) is 0 Å². The highest BCUT2D eigenvalue weighted by atomic mass is 16.6. The zero-order chi connectivity index (χ0) is 19.0. The van der Waals surface area contributed by atoms with Crippen molar-refractivity contribution in [1.29, 1.82) is 0 Å².